The van der Waals surface area contributed by atoms with Crippen LogP contribution in [0.4, 0.5) is 30.5 Å². The minimum atomic E-state index is -5.36. The number of pyridine rings is 1. The molecule has 0 aliphatic heterocycles. The van der Waals surface area contributed by atoms with Crippen LogP contribution in [0.15, 0.2) is 85.5 Å². The highest BCUT2D eigenvalue weighted by atomic mass is 19.4. The maximum absolute atomic E-state index is 14.2. The van der Waals surface area contributed by atoms with Crippen LogP contribution in [0, 0.1) is 13.8 Å². The number of aryl methyl sites for hydroxylation is 1. The number of nitrogens with zero attached hydrogens (tertiary/aromatic N) is 5. The predicted molar refractivity (Wildman–Crippen MR) is 141 cm³/mol. The van der Waals surface area contributed by atoms with E-state index in [1.54, 1.807) is 18.3 Å². The van der Waals surface area contributed by atoms with Gasteiger partial charge in [-0.2, -0.15) is 13.2 Å². The Bertz CT molecular complexity index is 2110. The quantitative estimate of drug-likeness (QED) is 0.261. The van der Waals surface area contributed by atoms with E-state index in [9.17, 15) is 18.0 Å². The molecule has 0 saturated carbocycles. The molecule has 3 aromatic heterocycles. The molecule has 0 unspecified atom stereocenters. The number of benzene rings is 2. The van der Waals surface area contributed by atoms with E-state index in [1.165, 1.54) is 32.3 Å². The number of rotatable bonds is 6. The van der Waals surface area contributed by atoms with Crippen LogP contribution in [-0.4, -0.2) is 30.4 Å². The molecule has 2 aromatic carbocycles. The maximum Gasteiger partial charge on any atom is 0.416 e. The van der Waals surface area contributed by atoms with Gasteiger partial charge in [0, 0.05) is 53.0 Å². The molecule has 0 bridgehead atoms. The van der Waals surface area contributed by atoms with Crippen molar-refractivity contribution < 1.29 is 30.3 Å². The second-order valence-corrected chi connectivity index (χ2v) is 7.99. The van der Waals surface area contributed by atoms with Gasteiger partial charge >= 0.3 is 6.18 Å². The van der Waals surface area contributed by atoms with Gasteiger partial charge in [0.25, 0.3) is 5.91 Å². The Hall–Kier alpha value is -5.06. The van der Waals surface area contributed by atoms with Gasteiger partial charge in [-0.05, 0) is 67.8 Å². The normalized spacial score (nSPS) is 14.5. The Kier molecular flexibility index (Phi) is 4.44. The molecule has 5 rings (SSSR count). The van der Waals surface area contributed by atoms with Gasteiger partial charge in [0.2, 0.25) is 5.95 Å². The molecule has 0 atom stereocenters. The number of anilines is 3. The summed E-state index contributed by atoms with van der Waals surface area (Å²) >= 11 is 0. The van der Waals surface area contributed by atoms with Crippen LogP contribution < -0.4 is 10.6 Å². The van der Waals surface area contributed by atoms with Crippen LogP contribution in [0.25, 0.3) is 16.9 Å². The molecule has 8 nitrogen and oxygen atoms in total. The number of alkyl halides is 3. The van der Waals surface area contributed by atoms with Crippen molar-refractivity contribution in [1.29, 1.82) is 0 Å². The molecular formula is C28H22F3N7O. The molecule has 1 amide bonds. The van der Waals surface area contributed by atoms with Gasteiger partial charge in [0.15, 0.2) is 1.41 Å². The zero-order valence-electron chi connectivity index (χ0n) is 29.2. The molecule has 0 radical (unpaired) electrons. The lowest BCUT2D eigenvalue weighted by atomic mass is 10.1. The average molecular weight is 539 g/mol. The molecule has 5 aromatic rings. The number of halogens is 3. The predicted octanol–water partition coefficient (Wildman–Crippen LogP) is 6.36. The number of carbonyl (C=O) groups excluding carboxylic acids is 1. The highest BCUT2D eigenvalue weighted by molar-refractivity contribution is 6.05. The van der Waals surface area contributed by atoms with E-state index in [2.05, 4.69) is 19.9 Å². The third-order valence-electron chi connectivity index (χ3n) is 5.09. The van der Waals surface area contributed by atoms with Crippen molar-refractivity contribution in [2.75, 3.05) is 10.6 Å². The van der Waals surface area contributed by atoms with Gasteiger partial charge in [-0.3, -0.25) is 9.78 Å². The highest BCUT2D eigenvalue weighted by Crippen LogP contribution is 2.33. The van der Waals surface area contributed by atoms with Crippen molar-refractivity contribution in [3.8, 4) is 16.9 Å². The summed E-state index contributed by atoms with van der Waals surface area (Å²) in [7, 11) is 0. The Morgan fingerprint density at radius 2 is 1.92 bits per heavy atom. The number of hydrogen-bond donors (Lipinski definition) is 2. The van der Waals surface area contributed by atoms with E-state index in [-0.39, 0.29) is 17.2 Å². The van der Waals surface area contributed by atoms with Gasteiger partial charge in [0.05, 0.1) is 32.8 Å². The van der Waals surface area contributed by atoms with Crippen LogP contribution >= 0.6 is 0 Å². The number of aromatic nitrogens is 5. The molecule has 0 fully saturated rings. The summed E-state index contributed by atoms with van der Waals surface area (Å²) in [6, 6.07) is -1.34. The second kappa shape index (κ2) is 10.4. The summed E-state index contributed by atoms with van der Waals surface area (Å²) in [5, 5.41) is 2.52. The molecular weight excluding hydrogens is 507 g/mol. The Balaban J connectivity index is 1.66. The minimum Gasteiger partial charge on any atom is -0.324 e. The van der Waals surface area contributed by atoms with E-state index < -0.39 is 89.0 Å². The maximum atomic E-state index is 14.2. The summed E-state index contributed by atoms with van der Waals surface area (Å²) in [6.45, 7) is 2.59. The molecule has 11 heteroatoms. The smallest absolute Gasteiger partial charge is 0.324 e. The minimum absolute atomic E-state index is 0.101. The van der Waals surface area contributed by atoms with E-state index in [0.29, 0.717) is 21.1 Å². The monoisotopic (exact) mass is 538 g/mol. The van der Waals surface area contributed by atoms with Crippen molar-refractivity contribution in [2.24, 2.45) is 0 Å². The van der Waals surface area contributed by atoms with E-state index in [4.69, 9.17) is 12.4 Å². The van der Waals surface area contributed by atoms with Crippen LogP contribution in [0.1, 0.15) is 38.1 Å². The number of amides is 1. The summed E-state index contributed by atoms with van der Waals surface area (Å²) in [5.74, 6) is -1.77. The van der Waals surface area contributed by atoms with Crippen LogP contribution in [0.2, 0.25) is 1.41 Å². The van der Waals surface area contributed by atoms with E-state index in [1.807, 2.05) is 5.32 Å². The summed E-state index contributed by atoms with van der Waals surface area (Å²) in [6.07, 6.45) is -2.38. The topological polar surface area (TPSA) is 97.6 Å². The molecule has 196 valence electrons. The Morgan fingerprint density at radius 3 is 2.64 bits per heavy atom. The summed E-state index contributed by atoms with van der Waals surface area (Å²) in [4.78, 5) is 29.7. The van der Waals surface area contributed by atoms with Crippen LogP contribution in [-0.2, 0) is 6.18 Å². The standard InChI is InChI=1S/C28H22F3N7O/c1-17-5-6-19(10-25(17)37-27-33-9-7-24(36-27)20-4-3-8-32-14-20)26(39)35-22-11-21(28(29,30)31)12-23(13-22)38-15-18(2)34-16-38/h3-16H,1-2H3,(H,35,39)(H,33,36,37)/i5D,6D,10D,11D,12D,13D,15D,16D/hD. The lowest BCUT2D eigenvalue weighted by Gasteiger charge is -2.14. The van der Waals surface area contributed by atoms with Crippen molar-refractivity contribution in [1.82, 2.24) is 24.5 Å². The fraction of sp³-hybridized carbons (Fsp3) is 0.107. The zero-order chi connectivity index (χ0) is 35.4. The van der Waals surface area contributed by atoms with Gasteiger partial charge in [-0.25, -0.2) is 15.0 Å². The third-order valence-corrected chi connectivity index (χ3v) is 5.09. The first-order chi connectivity index (χ1) is 22.5. The first-order valence-corrected chi connectivity index (χ1v) is 11.1. The molecule has 3 heterocycles. The SMILES string of the molecule is [2H]c1c([2H])c(C(=O)Nc2c([2H])c(-n3c([2H])nc(C)c3[2H])c([2H])c(C(F)(F)F)c2[2H])c([2H])c(N([2H])c2nccc(-c3cccnc3)n2)c1C. The largest absolute Gasteiger partial charge is 0.416 e. The van der Waals surface area contributed by atoms with Gasteiger partial charge < -0.3 is 15.2 Å². The van der Waals surface area contributed by atoms with E-state index >= 15 is 0 Å². The third kappa shape index (κ3) is 5.93. The lowest BCUT2D eigenvalue weighted by molar-refractivity contribution is -0.137. The lowest BCUT2D eigenvalue weighted by Crippen LogP contribution is -2.14. The van der Waals surface area contributed by atoms with E-state index in [0.717, 1.165) is 0 Å². The first-order valence-electron chi connectivity index (χ1n) is 15.6. The first kappa shape index (κ1) is 16.7. The number of imidazole rings is 1. The highest BCUT2D eigenvalue weighted by Gasteiger charge is 2.31. The molecule has 0 spiro atoms. The van der Waals surface area contributed by atoms with Crippen molar-refractivity contribution >= 4 is 23.2 Å². The summed E-state index contributed by atoms with van der Waals surface area (Å²) in [5.41, 5.74) is -4.55. The Morgan fingerprint density at radius 1 is 1.08 bits per heavy atom. The van der Waals surface area contributed by atoms with Gasteiger partial charge in [-0.15, -0.1) is 0 Å². The molecule has 39 heavy (non-hydrogen) atoms. The second-order valence-electron chi connectivity index (χ2n) is 7.99. The van der Waals surface area contributed by atoms with Crippen LogP contribution in [0.3, 0.4) is 0 Å². The van der Waals surface area contributed by atoms with Gasteiger partial charge in [0.1, 0.15) is 1.37 Å². The fourth-order valence-electron chi connectivity index (χ4n) is 3.25. The van der Waals surface area contributed by atoms with Gasteiger partial charge in [-0.1, -0.05) is 6.04 Å². The molecule has 0 aliphatic carbocycles. The number of hydrogen-bond acceptors (Lipinski definition) is 6. The zero-order valence-corrected chi connectivity index (χ0v) is 20.2. The van der Waals surface area contributed by atoms with Crippen LogP contribution in [0.5, 0.6) is 0 Å². The average Bonchev–Trinajstić information content (AvgIpc) is 3.28. The molecule has 0 aliphatic rings. The fourth-order valence-corrected chi connectivity index (χ4v) is 3.25. The summed E-state index contributed by atoms with van der Waals surface area (Å²) < 4.78 is 119. The molecule has 0 saturated heterocycles. The number of nitrogens with one attached hydrogen (secondary N) is 2. The van der Waals surface area contributed by atoms with Crippen molar-refractivity contribution in [2.45, 2.75) is 20.0 Å². The number of carbonyl (C=O) groups is 1. The van der Waals surface area contributed by atoms with Crippen molar-refractivity contribution in [3.05, 3.63) is 108 Å². The molecule has 2 N–H and O–H groups in total. The van der Waals surface area contributed by atoms with Crippen molar-refractivity contribution in [3.63, 3.8) is 0 Å². The Labute approximate surface area is 234 Å².